The predicted octanol–water partition coefficient (Wildman–Crippen LogP) is 4.18. The summed E-state index contributed by atoms with van der Waals surface area (Å²) in [5, 5.41) is 15.5. The Morgan fingerprint density at radius 3 is 2.43 bits per heavy atom. The van der Waals surface area contributed by atoms with Crippen LogP contribution in [0.25, 0.3) is 5.69 Å². The van der Waals surface area contributed by atoms with Crippen LogP contribution in [-0.4, -0.2) is 14.7 Å². The zero-order chi connectivity index (χ0) is 15.9. The summed E-state index contributed by atoms with van der Waals surface area (Å²) < 4.78 is 14.5. The van der Waals surface area contributed by atoms with E-state index in [-0.39, 0.29) is 16.7 Å². The molecule has 1 heterocycles. The monoisotopic (exact) mass is 311 g/mol. The van der Waals surface area contributed by atoms with Crippen LogP contribution in [0.15, 0.2) is 18.2 Å². The molecule has 1 aromatic carbocycles. The van der Waals surface area contributed by atoms with Crippen molar-refractivity contribution < 1.29 is 9.31 Å². The standard InChI is InChI=1S/C14H15ClFN3O2/c1-8-7-9(16)5-6-10(8)18-13(15)11(19(20)21)12(17-18)14(2,3)4/h5-7H,1-4H3. The number of hydrogen-bond acceptors (Lipinski definition) is 3. The summed E-state index contributed by atoms with van der Waals surface area (Å²) >= 11 is 6.14. The van der Waals surface area contributed by atoms with Crippen molar-refractivity contribution >= 4 is 17.3 Å². The van der Waals surface area contributed by atoms with Crippen LogP contribution in [0, 0.1) is 22.9 Å². The highest BCUT2D eigenvalue weighted by Gasteiger charge is 2.34. The van der Waals surface area contributed by atoms with Gasteiger partial charge in [0, 0.05) is 5.41 Å². The summed E-state index contributed by atoms with van der Waals surface area (Å²) in [5.41, 5.74) is 0.648. The fourth-order valence-electron chi connectivity index (χ4n) is 2.07. The summed E-state index contributed by atoms with van der Waals surface area (Å²) in [7, 11) is 0. The van der Waals surface area contributed by atoms with Crippen LogP contribution in [-0.2, 0) is 5.41 Å². The molecule has 7 heteroatoms. The summed E-state index contributed by atoms with van der Waals surface area (Å²) in [6, 6.07) is 4.10. The van der Waals surface area contributed by atoms with E-state index < -0.39 is 10.3 Å². The second-order valence-electron chi connectivity index (χ2n) is 5.84. The summed E-state index contributed by atoms with van der Waals surface area (Å²) in [5.74, 6) is -0.384. The Bertz CT molecular complexity index is 720. The van der Waals surface area contributed by atoms with Gasteiger partial charge in [0.2, 0.25) is 5.15 Å². The van der Waals surface area contributed by atoms with Gasteiger partial charge in [-0.2, -0.15) is 5.10 Å². The van der Waals surface area contributed by atoms with Gasteiger partial charge in [0.25, 0.3) is 0 Å². The molecule has 21 heavy (non-hydrogen) atoms. The van der Waals surface area contributed by atoms with Gasteiger partial charge >= 0.3 is 5.69 Å². The van der Waals surface area contributed by atoms with Crippen molar-refractivity contribution in [2.75, 3.05) is 0 Å². The Balaban J connectivity index is 2.74. The molecule has 0 N–H and O–H groups in total. The van der Waals surface area contributed by atoms with E-state index in [0.717, 1.165) is 0 Å². The SMILES string of the molecule is Cc1cc(F)ccc1-n1nc(C(C)(C)C)c([N+](=O)[O-])c1Cl. The van der Waals surface area contributed by atoms with Crippen LogP contribution in [0.1, 0.15) is 32.0 Å². The van der Waals surface area contributed by atoms with Crippen LogP contribution >= 0.6 is 11.6 Å². The van der Waals surface area contributed by atoms with Crippen molar-refractivity contribution in [3.05, 3.63) is 50.5 Å². The third-order valence-corrected chi connectivity index (χ3v) is 3.42. The quantitative estimate of drug-likeness (QED) is 0.617. The van der Waals surface area contributed by atoms with Crippen LogP contribution in [0.2, 0.25) is 5.15 Å². The van der Waals surface area contributed by atoms with E-state index >= 15 is 0 Å². The maximum atomic E-state index is 13.2. The van der Waals surface area contributed by atoms with Crippen molar-refractivity contribution in [1.82, 2.24) is 9.78 Å². The van der Waals surface area contributed by atoms with Crippen molar-refractivity contribution in [2.24, 2.45) is 0 Å². The van der Waals surface area contributed by atoms with Gasteiger partial charge in [-0.3, -0.25) is 10.1 Å². The molecular weight excluding hydrogens is 297 g/mol. The molecule has 0 fully saturated rings. The molecule has 0 radical (unpaired) electrons. The van der Waals surface area contributed by atoms with Crippen molar-refractivity contribution in [3.63, 3.8) is 0 Å². The number of benzene rings is 1. The molecule has 0 atom stereocenters. The first-order chi connectivity index (χ1) is 9.62. The number of nitro groups is 1. The number of halogens is 2. The van der Waals surface area contributed by atoms with E-state index in [0.29, 0.717) is 16.9 Å². The Morgan fingerprint density at radius 2 is 2.00 bits per heavy atom. The Hall–Kier alpha value is -1.95. The fraction of sp³-hybridized carbons (Fsp3) is 0.357. The van der Waals surface area contributed by atoms with Crippen molar-refractivity contribution in [3.8, 4) is 5.69 Å². The minimum absolute atomic E-state index is 0.0837. The van der Waals surface area contributed by atoms with Crippen LogP contribution in [0.3, 0.4) is 0 Å². The molecule has 0 aliphatic carbocycles. The molecule has 2 rings (SSSR count). The van der Waals surface area contributed by atoms with E-state index in [1.165, 1.54) is 22.9 Å². The topological polar surface area (TPSA) is 61.0 Å². The molecule has 0 saturated heterocycles. The second-order valence-corrected chi connectivity index (χ2v) is 6.20. The number of nitrogens with zero attached hydrogens (tertiary/aromatic N) is 3. The molecule has 0 aliphatic heterocycles. The summed E-state index contributed by atoms with van der Waals surface area (Å²) in [6.07, 6.45) is 0. The third kappa shape index (κ3) is 2.76. The third-order valence-electron chi connectivity index (χ3n) is 3.09. The second kappa shape index (κ2) is 5.11. The average molecular weight is 312 g/mol. The summed E-state index contributed by atoms with van der Waals surface area (Å²) in [6.45, 7) is 7.15. The molecule has 2 aromatic rings. The largest absolute Gasteiger partial charge is 0.330 e. The molecule has 0 spiro atoms. The van der Waals surface area contributed by atoms with Crippen LogP contribution in [0.4, 0.5) is 10.1 Å². The van der Waals surface area contributed by atoms with Gasteiger partial charge in [-0.05, 0) is 30.7 Å². The average Bonchev–Trinajstić information content (AvgIpc) is 2.67. The van der Waals surface area contributed by atoms with Crippen LogP contribution in [0.5, 0.6) is 0 Å². The van der Waals surface area contributed by atoms with Crippen molar-refractivity contribution in [1.29, 1.82) is 0 Å². The van der Waals surface area contributed by atoms with Gasteiger partial charge in [-0.25, -0.2) is 9.07 Å². The highest BCUT2D eigenvalue weighted by atomic mass is 35.5. The molecule has 5 nitrogen and oxygen atoms in total. The van der Waals surface area contributed by atoms with Crippen LogP contribution < -0.4 is 0 Å². The van der Waals surface area contributed by atoms with Gasteiger partial charge in [-0.1, -0.05) is 32.4 Å². The molecule has 0 bridgehead atoms. The van der Waals surface area contributed by atoms with E-state index in [9.17, 15) is 14.5 Å². The first-order valence-corrected chi connectivity index (χ1v) is 6.70. The Morgan fingerprint density at radius 1 is 1.38 bits per heavy atom. The molecule has 0 unspecified atom stereocenters. The maximum absolute atomic E-state index is 13.2. The van der Waals surface area contributed by atoms with Gasteiger partial charge in [0.15, 0.2) is 0 Å². The predicted molar refractivity (Wildman–Crippen MR) is 78.6 cm³/mol. The first kappa shape index (κ1) is 15.4. The molecule has 1 aromatic heterocycles. The van der Waals surface area contributed by atoms with E-state index in [1.807, 2.05) is 20.8 Å². The minimum atomic E-state index is -0.536. The number of aromatic nitrogens is 2. The van der Waals surface area contributed by atoms with Crippen molar-refractivity contribution in [2.45, 2.75) is 33.1 Å². The Kier molecular flexibility index (Phi) is 3.76. The highest BCUT2D eigenvalue weighted by Crippen LogP contribution is 2.37. The fourth-order valence-corrected chi connectivity index (χ4v) is 2.36. The lowest BCUT2D eigenvalue weighted by molar-refractivity contribution is -0.385. The number of hydrogen-bond donors (Lipinski definition) is 0. The molecule has 0 saturated carbocycles. The zero-order valence-electron chi connectivity index (χ0n) is 12.1. The minimum Gasteiger partial charge on any atom is -0.258 e. The van der Waals surface area contributed by atoms with E-state index in [4.69, 9.17) is 11.6 Å². The number of rotatable bonds is 2. The molecular formula is C14H15ClFN3O2. The molecule has 0 aliphatic rings. The summed E-state index contributed by atoms with van der Waals surface area (Å²) in [4.78, 5) is 10.7. The molecule has 112 valence electrons. The normalized spacial score (nSPS) is 11.7. The van der Waals surface area contributed by atoms with E-state index in [2.05, 4.69) is 5.10 Å². The Labute approximate surface area is 126 Å². The van der Waals surface area contributed by atoms with Gasteiger partial charge in [0.1, 0.15) is 11.5 Å². The smallest absolute Gasteiger partial charge is 0.258 e. The van der Waals surface area contributed by atoms with E-state index in [1.54, 1.807) is 6.92 Å². The highest BCUT2D eigenvalue weighted by molar-refractivity contribution is 6.32. The number of aryl methyl sites for hydroxylation is 1. The lowest BCUT2D eigenvalue weighted by atomic mass is 9.91. The molecule has 0 amide bonds. The lowest BCUT2D eigenvalue weighted by Crippen LogP contribution is -2.14. The maximum Gasteiger partial charge on any atom is 0.330 e. The van der Waals surface area contributed by atoms with Gasteiger partial charge in [-0.15, -0.1) is 0 Å². The van der Waals surface area contributed by atoms with Gasteiger partial charge < -0.3 is 0 Å². The van der Waals surface area contributed by atoms with Gasteiger partial charge in [0.05, 0.1) is 10.6 Å². The lowest BCUT2D eigenvalue weighted by Gasteiger charge is -2.13. The first-order valence-electron chi connectivity index (χ1n) is 6.33. The zero-order valence-corrected chi connectivity index (χ0v) is 12.9.